The Kier molecular flexibility index (Phi) is 4.19. The number of ether oxygens (including phenoxy) is 1. The van der Waals surface area contributed by atoms with Gasteiger partial charge in [-0.25, -0.2) is 4.79 Å². The smallest absolute Gasteiger partial charge is 0.410 e. The van der Waals surface area contributed by atoms with Crippen LogP contribution >= 0.6 is 0 Å². The lowest BCUT2D eigenvalue weighted by Crippen LogP contribution is -2.68. The number of amides is 2. The SMILES string of the molecule is CC(C)N1C(=O)C[C@H](N)[C@H]1C1(C)CN(C(=O)OC(C)(C)C)C1. The van der Waals surface area contributed by atoms with Crippen molar-refractivity contribution in [3.05, 3.63) is 0 Å². The van der Waals surface area contributed by atoms with Crippen LogP contribution in [0.5, 0.6) is 0 Å². The van der Waals surface area contributed by atoms with Gasteiger partial charge in [0.05, 0.1) is 6.04 Å². The number of carbonyl (C=O) groups excluding carboxylic acids is 2. The van der Waals surface area contributed by atoms with Gasteiger partial charge in [0.25, 0.3) is 0 Å². The second kappa shape index (κ2) is 5.41. The summed E-state index contributed by atoms with van der Waals surface area (Å²) in [6, 6.07) is -0.0576. The van der Waals surface area contributed by atoms with Gasteiger partial charge in [0.15, 0.2) is 0 Å². The maximum absolute atomic E-state index is 12.2. The molecule has 0 unspecified atom stereocenters. The van der Waals surface area contributed by atoms with E-state index in [9.17, 15) is 9.59 Å². The first-order valence-electron chi connectivity index (χ1n) is 7.99. The maximum Gasteiger partial charge on any atom is 0.410 e. The molecule has 2 amide bonds. The van der Waals surface area contributed by atoms with Crippen molar-refractivity contribution in [2.45, 2.75) is 71.7 Å². The molecule has 2 rings (SSSR count). The average Bonchev–Trinajstić information content (AvgIpc) is 2.58. The molecule has 0 aromatic rings. The molecule has 2 saturated heterocycles. The molecular weight excluding hydrogens is 282 g/mol. The Morgan fingerprint density at radius 3 is 2.36 bits per heavy atom. The highest BCUT2D eigenvalue weighted by Gasteiger charge is 2.56. The fraction of sp³-hybridized carbons (Fsp3) is 0.875. The third kappa shape index (κ3) is 3.07. The predicted molar refractivity (Wildman–Crippen MR) is 84.3 cm³/mol. The van der Waals surface area contributed by atoms with E-state index in [4.69, 9.17) is 10.5 Å². The highest BCUT2D eigenvalue weighted by molar-refractivity contribution is 5.80. The summed E-state index contributed by atoms with van der Waals surface area (Å²) in [4.78, 5) is 27.9. The average molecular weight is 311 g/mol. The molecule has 2 aliphatic rings. The Hall–Kier alpha value is -1.30. The monoisotopic (exact) mass is 311 g/mol. The number of rotatable bonds is 2. The van der Waals surface area contributed by atoms with Crippen LogP contribution in [0.3, 0.4) is 0 Å². The van der Waals surface area contributed by atoms with Gasteiger partial charge in [0, 0.05) is 37.0 Å². The van der Waals surface area contributed by atoms with Gasteiger partial charge in [-0.05, 0) is 34.6 Å². The van der Waals surface area contributed by atoms with Crippen LogP contribution in [0.1, 0.15) is 48.0 Å². The quantitative estimate of drug-likeness (QED) is 0.840. The Balaban J connectivity index is 2.05. The van der Waals surface area contributed by atoms with Crippen molar-refractivity contribution in [1.82, 2.24) is 9.80 Å². The van der Waals surface area contributed by atoms with Crippen molar-refractivity contribution in [3.63, 3.8) is 0 Å². The van der Waals surface area contributed by atoms with Gasteiger partial charge in [-0.15, -0.1) is 0 Å². The van der Waals surface area contributed by atoms with Crippen molar-refractivity contribution >= 4 is 12.0 Å². The van der Waals surface area contributed by atoms with E-state index < -0.39 is 5.60 Å². The van der Waals surface area contributed by atoms with Crippen molar-refractivity contribution in [1.29, 1.82) is 0 Å². The molecule has 22 heavy (non-hydrogen) atoms. The second-order valence-electron chi connectivity index (χ2n) is 8.20. The molecule has 2 atom stereocenters. The molecule has 0 saturated carbocycles. The van der Waals surface area contributed by atoms with Crippen molar-refractivity contribution in [3.8, 4) is 0 Å². The first kappa shape index (κ1) is 17.1. The summed E-state index contributed by atoms with van der Waals surface area (Å²) in [5.41, 5.74) is 5.57. The Morgan fingerprint density at radius 2 is 1.91 bits per heavy atom. The summed E-state index contributed by atoms with van der Waals surface area (Å²) in [7, 11) is 0. The molecule has 6 heteroatoms. The molecule has 6 nitrogen and oxygen atoms in total. The van der Waals surface area contributed by atoms with Gasteiger partial charge in [-0.1, -0.05) is 6.92 Å². The van der Waals surface area contributed by atoms with Gasteiger partial charge >= 0.3 is 6.09 Å². The lowest BCUT2D eigenvalue weighted by Gasteiger charge is -2.54. The lowest BCUT2D eigenvalue weighted by atomic mass is 9.72. The molecule has 126 valence electrons. The standard InChI is InChI=1S/C16H29N3O3/c1-10(2)19-12(20)7-11(17)13(19)16(6)8-18(9-16)14(21)22-15(3,4)5/h10-11,13H,7-9,17H2,1-6H3/t11-,13-/m0/s1. The summed E-state index contributed by atoms with van der Waals surface area (Å²) in [5.74, 6) is 0.115. The van der Waals surface area contributed by atoms with E-state index in [2.05, 4.69) is 6.92 Å². The molecule has 0 bridgehead atoms. The van der Waals surface area contributed by atoms with Gasteiger partial charge in [-0.2, -0.15) is 0 Å². The van der Waals surface area contributed by atoms with E-state index in [0.29, 0.717) is 19.5 Å². The third-order valence-electron chi connectivity index (χ3n) is 4.43. The molecule has 0 aromatic heterocycles. The lowest BCUT2D eigenvalue weighted by molar-refractivity contribution is -0.135. The third-order valence-corrected chi connectivity index (χ3v) is 4.43. The first-order chi connectivity index (χ1) is 9.94. The highest BCUT2D eigenvalue weighted by Crippen LogP contribution is 2.42. The van der Waals surface area contributed by atoms with Crippen LogP contribution < -0.4 is 5.73 Å². The first-order valence-corrected chi connectivity index (χ1v) is 7.99. The van der Waals surface area contributed by atoms with Crippen LogP contribution in [0.4, 0.5) is 4.79 Å². The van der Waals surface area contributed by atoms with Gasteiger partial charge in [0.1, 0.15) is 5.60 Å². The molecule has 0 aliphatic carbocycles. The van der Waals surface area contributed by atoms with Crippen LogP contribution in [0.2, 0.25) is 0 Å². The van der Waals surface area contributed by atoms with E-state index in [1.807, 2.05) is 39.5 Å². The fourth-order valence-corrected chi connectivity index (χ4v) is 3.71. The minimum absolute atomic E-state index is 0.0151. The van der Waals surface area contributed by atoms with Gasteiger partial charge < -0.3 is 20.3 Å². The van der Waals surface area contributed by atoms with Crippen LogP contribution in [0.15, 0.2) is 0 Å². The van der Waals surface area contributed by atoms with E-state index in [-0.39, 0.29) is 35.5 Å². The van der Waals surface area contributed by atoms with Crippen molar-refractivity contribution in [2.24, 2.45) is 11.1 Å². The molecule has 2 aliphatic heterocycles. The van der Waals surface area contributed by atoms with E-state index >= 15 is 0 Å². The normalized spacial score (nSPS) is 28.1. The number of nitrogens with zero attached hydrogens (tertiary/aromatic N) is 2. The van der Waals surface area contributed by atoms with Crippen LogP contribution in [-0.4, -0.2) is 58.6 Å². The second-order valence-corrected chi connectivity index (χ2v) is 8.20. The molecule has 0 aromatic carbocycles. The van der Waals surface area contributed by atoms with Crippen LogP contribution in [-0.2, 0) is 9.53 Å². The van der Waals surface area contributed by atoms with Gasteiger partial charge in [0.2, 0.25) is 5.91 Å². The van der Waals surface area contributed by atoms with Crippen molar-refractivity contribution < 1.29 is 14.3 Å². The number of hydrogen-bond donors (Lipinski definition) is 1. The van der Waals surface area contributed by atoms with Gasteiger partial charge in [-0.3, -0.25) is 4.79 Å². The zero-order valence-corrected chi connectivity index (χ0v) is 14.5. The topological polar surface area (TPSA) is 75.9 Å². The molecule has 0 spiro atoms. The minimum Gasteiger partial charge on any atom is -0.444 e. The van der Waals surface area contributed by atoms with Crippen LogP contribution in [0, 0.1) is 5.41 Å². The molecular formula is C16H29N3O3. The summed E-state index contributed by atoms with van der Waals surface area (Å²) in [5, 5.41) is 0. The summed E-state index contributed by atoms with van der Waals surface area (Å²) < 4.78 is 5.40. The molecule has 2 N–H and O–H groups in total. The minimum atomic E-state index is -0.493. The Bertz CT molecular complexity index is 464. The highest BCUT2D eigenvalue weighted by atomic mass is 16.6. The Morgan fingerprint density at radius 1 is 1.36 bits per heavy atom. The maximum atomic E-state index is 12.2. The summed E-state index contributed by atoms with van der Waals surface area (Å²) in [6.45, 7) is 12.9. The largest absolute Gasteiger partial charge is 0.444 e. The zero-order chi connectivity index (χ0) is 16.9. The zero-order valence-electron chi connectivity index (χ0n) is 14.5. The summed E-state index contributed by atoms with van der Waals surface area (Å²) >= 11 is 0. The number of hydrogen-bond acceptors (Lipinski definition) is 4. The molecule has 0 radical (unpaired) electrons. The molecule has 2 fully saturated rings. The number of nitrogens with two attached hydrogens (primary N) is 1. The predicted octanol–water partition coefficient (Wildman–Crippen LogP) is 1.58. The van der Waals surface area contributed by atoms with Crippen molar-refractivity contribution in [2.75, 3.05) is 13.1 Å². The summed E-state index contributed by atoms with van der Waals surface area (Å²) in [6.07, 6.45) is 0.101. The fourth-order valence-electron chi connectivity index (χ4n) is 3.71. The number of likely N-dealkylation sites (tertiary alicyclic amines) is 2. The molecule has 2 heterocycles. The van der Waals surface area contributed by atoms with E-state index in [0.717, 1.165) is 0 Å². The van der Waals surface area contributed by atoms with E-state index in [1.165, 1.54) is 0 Å². The number of carbonyl (C=O) groups is 2. The van der Waals surface area contributed by atoms with E-state index in [1.54, 1.807) is 4.90 Å². The Labute approximate surface area is 132 Å². The van der Waals surface area contributed by atoms with Crippen LogP contribution in [0.25, 0.3) is 0 Å².